The molecule has 0 saturated carbocycles. The van der Waals surface area contributed by atoms with Crippen molar-refractivity contribution in [2.24, 2.45) is 5.92 Å². The van der Waals surface area contributed by atoms with E-state index < -0.39 is 5.97 Å². The first-order valence-corrected chi connectivity index (χ1v) is 7.01. The van der Waals surface area contributed by atoms with Crippen molar-refractivity contribution in [2.45, 2.75) is 33.1 Å². The summed E-state index contributed by atoms with van der Waals surface area (Å²) in [6.45, 7) is 4.23. The fraction of sp³-hybridized carbons (Fsp3) is 0.538. The van der Waals surface area contributed by atoms with Crippen LogP contribution in [0, 0.1) is 5.92 Å². The summed E-state index contributed by atoms with van der Waals surface area (Å²) < 4.78 is 0. The van der Waals surface area contributed by atoms with Gasteiger partial charge in [-0.05, 0) is 36.3 Å². The highest BCUT2D eigenvalue weighted by Gasteiger charge is 2.13. The molecule has 1 atom stereocenters. The molecule has 0 fully saturated rings. The second kappa shape index (κ2) is 7.16. The topological polar surface area (TPSA) is 66.4 Å². The molecule has 0 aliphatic rings. The lowest BCUT2D eigenvalue weighted by Crippen LogP contribution is -2.25. The summed E-state index contributed by atoms with van der Waals surface area (Å²) in [4.78, 5) is 23.2. The van der Waals surface area contributed by atoms with Crippen LogP contribution in [0.3, 0.4) is 0 Å². The van der Waals surface area contributed by atoms with Gasteiger partial charge in [-0.15, -0.1) is 11.3 Å². The van der Waals surface area contributed by atoms with Gasteiger partial charge in [-0.2, -0.15) is 0 Å². The van der Waals surface area contributed by atoms with Crippen molar-refractivity contribution in [1.82, 2.24) is 5.32 Å². The van der Waals surface area contributed by atoms with Crippen molar-refractivity contribution in [3.8, 4) is 0 Å². The van der Waals surface area contributed by atoms with Gasteiger partial charge in [-0.25, -0.2) is 0 Å². The number of aryl methyl sites for hydroxylation is 1. The maximum Gasteiger partial charge on any atom is 0.306 e. The third-order valence-electron chi connectivity index (χ3n) is 2.85. The number of carbonyl (C=O) groups excluding carboxylic acids is 1. The molecule has 4 nitrogen and oxygen atoms in total. The van der Waals surface area contributed by atoms with Crippen LogP contribution in [0.5, 0.6) is 0 Å². The van der Waals surface area contributed by atoms with E-state index >= 15 is 0 Å². The minimum Gasteiger partial charge on any atom is -0.481 e. The van der Waals surface area contributed by atoms with Crippen molar-refractivity contribution in [3.63, 3.8) is 0 Å². The van der Waals surface area contributed by atoms with Crippen molar-refractivity contribution < 1.29 is 14.7 Å². The molecule has 0 spiro atoms. The summed E-state index contributed by atoms with van der Waals surface area (Å²) in [5.74, 6) is -1.19. The van der Waals surface area contributed by atoms with Gasteiger partial charge in [-0.1, -0.05) is 13.8 Å². The number of nitrogens with one attached hydrogen (secondary N) is 1. The van der Waals surface area contributed by atoms with E-state index in [0.717, 1.165) is 16.9 Å². The number of aliphatic carboxylic acids is 1. The first kappa shape index (κ1) is 14.7. The molecule has 0 radical (unpaired) electrons. The third-order valence-corrected chi connectivity index (χ3v) is 3.81. The average molecular weight is 269 g/mol. The van der Waals surface area contributed by atoms with E-state index in [1.165, 1.54) is 11.3 Å². The van der Waals surface area contributed by atoms with Gasteiger partial charge >= 0.3 is 5.97 Å². The molecule has 0 bridgehead atoms. The number of carboxylic acid groups (broad SMARTS) is 1. The first-order chi connectivity index (χ1) is 8.56. The highest BCUT2D eigenvalue weighted by atomic mass is 32.1. The van der Waals surface area contributed by atoms with E-state index in [0.29, 0.717) is 19.4 Å². The zero-order valence-electron chi connectivity index (χ0n) is 10.7. The number of amides is 1. The summed E-state index contributed by atoms with van der Waals surface area (Å²) >= 11 is 1.45. The Morgan fingerprint density at radius 2 is 2.22 bits per heavy atom. The second-order valence-corrected chi connectivity index (χ2v) is 5.18. The van der Waals surface area contributed by atoms with E-state index in [9.17, 15) is 9.59 Å². The van der Waals surface area contributed by atoms with Gasteiger partial charge in [0.15, 0.2) is 0 Å². The molecule has 0 aromatic carbocycles. The predicted octanol–water partition coefficient (Wildman–Crippen LogP) is 2.54. The Kier molecular flexibility index (Phi) is 5.85. The lowest BCUT2D eigenvalue weighted by atomic mass is 10.1. The zero-order chi connectivity index (χ0) is 13.5. The molecule has 0 saturated heterocycles. The summed E-state index contributed by atoms with van der Waals surface area (Å²) in [5.41, 5.74) is 1.07. The number of carbonyl (C=O) groups is 2. The Balaban J connectivity index is 2.32. The Bertz CT molecular complexity index is 414. The maximum atomic E-state index is 11.8. The molecule has 0 aliphatic carbocycles. The summed E-state index contributed by atoms with van der Waals surface area (Å²) in [7, 11) is 0. The SMILES string of the molecule is CCc1ccsc1C(=O)NCCCC(C)C(=O)O. The third kappa shape index (κ3) is 4.14. The van der Waals surface area contributed by atoms with Gasteiger partial charge in [0, 0.05) is 6.54 Å². The molecule has 2 N–H and O–H groups in total. The van der Waals surface area contributed by atoms with Gasteiger partial charge in [0.2, 0.25) is 0 Å². The standard InChI is InChI=1S/C13H19NO3S/c1-3-10-6-8-18-11(10)12(15)14-7-4-5-9(2)13(16)17/h6,8-9H,3-5,7H2,1-2H3,(H,14,15)(H,16,17). The number of thiophene rings is 1. The van der Waals surface area contributed by atoms with E-state index in [1.54, 1.807) is 6.92 Å². The molecule has 1 aromatic rings. The zero-order valence-corrected chi connectivity index (χ0v) is 11.5. The minimum absolute atomic E-state index is 0.0511. The fourth-order valence-electron chi connectivity index (χ4n) is 1.63. The Hall–Kier alpha value is -1.36. The highest BCUT2D eigenvalue weighted by molar-refractivity contribution is 7.12. The summed E-state index contributed by atoms with van der Waals surface area (Å²) in [6, 6.07) is 1.96. The minimum atomic E-state index is -0.784. The molecule has 1 unspecified atom stereocenters. The Morgan fingerprint density at radius 3 is 2.83 bits per heavy atom. The van der Waals surface area contributed by atoms with E-state index in [1.807, 2.05) is 18.4 Å². The Labute approximate surface area is 111 Å². The van der Waals surface area contributed by atoms with Gasteiger partial charge < -0.3 is 10.4 Å². The maximum absolute atomic E-state index is 11.8. The van der Waals surface area contributed by atoms with Crippen LogP contribution in [0.15, 0.2) is 11.4 Å². The van der Waals surface area contributed by atoms with Crippen LogP contribution >= 0.6 is 11.3 Å². The van der Waals surface area contributed by atoms with Crippen molar-refractivity contribution >= 4 is 23.2 Å². The Morgan fingerprint density at radius 1 is 1.50 bits per heavy atom. The molecule has 1 aromatic heterocycles. The lowest BCUT2D eigenvalue weighted by molar-refractivity contribution is -0.141. The molecule has 18 heavy (non-hydrogen) atoms. The van der Waals surface area contributed by atoms with Crippen LogP contribution in [0.25, 0.3) is 0 Å². The van der Waals surface area contributed by atoms with Crippen LogP contribution in [0.2, 0.25) is 0 Å². The molecule has 1 amide bonds. The fourth-order valence-corrected chi connectivity index (χ4v) is 2.54. The summed E-state index contributed by atoms with van der Waals surface area (Å²) in [6.07, 6.45) is 2.12. The van der Waals surface area contributed by atoms with E-state index in [-0.39, 0.29) is 11.8 Å². The van der Waals surface area contributed by atoms with Crippen LogP contribution in [-0.2, 0) is 11.2 Å². The van der Waals surface area contributed by atoms with Crippen molar-refractivity contribution in [2.75, 3.05) is 6.54 Å². The normalized spacial score (nSPS) is 12.1. The monoisotopic (exact) mass is 269 g/mol. The predicted molar refractivity (Wildman–Crippen MR) is 72.1 cm³/mol. The van der Waals surface area contributed by atoms with Gasteiger partial charge in [0.1, 0.15) is 0 Å². The molecule has 0 aliphatic heterocycles. The largest absolute Gasteiger partial charge is 0.481 e. The van der Waals surface area contributed by atoms with Gasteiger partial charge in [0.25, 0.3) is 5.91 Å². The number of rotatable bonds is 7. The van der Waals surface area contributed by atoms with Crippen LogP contribution in [-0.4, -0.2) is 23.5 Å². The molecule has 5 heteroatoms. The number of hydrogen-bond donors (Lipinski definition) is 2. The average Bonchev–Trinajstić information content (AvgIpc) is 2.82. The molecule has 1 rings (SSSR count). The van der Waals surface area contributed by atoms with Crippen molar-refractivity contribution in [1.29, 1.82) is 0 Å². The highest BCUT2D eigenvalue weighted by Crippen LogP contribution is 2.17. The van der Waals surface area contributed by atoms with Gasteiger partial charge in [0.05, 0.1) is 10.8 Å². The first-order valence-electron chi connectivity index (χ1n) is 6.13. The lowest BCUT2D eigenvalue weighted by Gasteiger charge is -2.07. The van der Waals surface area contributed by atoms with Crippen molar-refractivity contribution in [3.05, 3.63) is 21.9 Å². The van der Waals surface area contributed by atoms with E-state index in [2.05, 4.69) is 5.32 Å². The molecule has 100 valence electrons. The number of hydrogen-bond acceptors (Lipinski definition) is 3. The molecular weight excluding hydrogens is 250 g/mol. The smallest absolute Gasteiger partial charge is 0.306 e. The second-order valence-electron chi connectivity index (χ2n) is 4.27. The van der Waals surface area contributed by atoms with Crippen LogP contribution in [0.1, 0.15) is 41.9 Å². The van der Waals surface area contributed by atoms with E-state index in [4.69, 9.17) is 5.11 Å². The number of carboxylic acids is 1. The van der Waals surface area contributed by atoms with Crippen LogP contribution < -0.4 is 5.32 Å². The molecular formula is C13H19NO3S. The summed E-state index contributed by atoms with van der Waals surface area (Å²) in [5, 5.41) is 13.5. The van der Waals surface area contributed by atoms with Crippen LogP contribution in [0.4, 0.5) is 0 Å². The van der Waals surface area contributed by atoms with Gasteiger partial charge in [-0.3, -0.25) is 9.59 Å². The quantitative estimate of drug-likeness (QED) is 0.747. The molecule has 1 heterocycles.